The van der Waals surface area contributed by atoms with Gasteiger partial charge < -0.3 is 26.6 Å². The highest BCUT2D eigenvalue weighted by atomic mass is 32.2. The monoisotopic (exact) mass is 691 g/mol. The summed E-state index contributed by atoms with van der Waals surface area (Å²) in [6, 6.07) is -4.89. The molecule has 0 aromatic rings. The van der Waals surface area contributed by atoms with E-state index in [2.05, 4.69) is 16.0 Å². The number of amides is 5. The molecule has 4 rings (SSSR count). The molecular formula is C31H48F3N5O7S. The molecule has 266 valence electrons. The summed E-state index contributed by atoms with van der Waals surface area (Å²) in [6.45, 7) is 9.10. The van der Waals surface area contributed by atoms with Crippen LogP contribution in [0.3, 0.4) is 0 Å². The number of halogens is 3. The molecule has 5 N–H and O–H groups in total. The van der Waals surface area contributed by atoms with E-state index in [-0.39, 0.29) is 24.1 Å². The largest absolute Gasteiger partial charge is 0.389 e. The van der Waals surface area contributed by atoms with Gasteiger partial charge in [-0.3, -0.25) is 19.2 Å². The third-order valence-electron chi connectivity index (χ3n) is 10.8. The highest BCUT2D eigenvalue weighted by Gasteiger charge is 2.70. The number of fused-ring (bicyclic) bond motifs is 1. The summed E-state index contributed by atoms with van der Waals surface area (Å²) in [5, 5.41) is 7.28. The predicted molar refractivity (Wildman–Crippen MR) is 165 cm³/mol. The lowest BCUT2D eigenvalue weighted by atomic mass is 9.78. The molecule has 47 heavy (non-hydrogen) atoms. The molecule has 2 heterocycles. The Labute approximate surface area is 273 Å². The van der Waals surface area contributed by atoms with Crippen molar-refractivity contribution >= 4 is 39.4 Å². The molecule has 16 heteroatoms. The first-order chi connectivity index (χ1) is 21.5. The second-order valence-corrected chi connectivity index (χ2v) is 17.7. The van der Waals surface area contributed by atoms with Gasteiger partial charge in [0.05, 0.1) is 22.6 Å². The lowest BCUT2D eigenvalue weighted by Crippen LogP contribution is -2.65. The van der Waals surface area contributed by atoms with Crippen molar-refractivity contribution in [1.82, 2.24) is 20.9 Å². The van der Waals surface area contributed by atoms with Crippen molar-refractivity contribution in [2.24, 2.45) is 28.4 Å². The summed E-state index contributed by atoms with van der Waals surface area (Å²) in [5.74, 6) is -4.81. The van der Waals surface area contributed by atoms with Crippen LogP contribution in [0.25, 0.3) is 0 Å². The maximum atomic E-state index is 14.3. The fraction of sp³-hybridized carbons (Fsp3) is 0.839. The maximum absolute atomic E-state index is 14.3. The van der Waals surface area contributed by atoms with Crippen LogP contribution >= 0.6 is 0 Å². The van der Waals surface area contributed by atoms with Crippen molar-refractivity contribution in [1.29, 1.82) is 0 Å². The van der Waals surface area contributed by atoms with Gasteiger partial charge in [0.25, 0.3) is 5.91 Å². The third-order valence-corrected chi connectivity index (χ3v) is 13.2. The summed E-state index contributed by atoms with van der Waals surface area (Å²) in [7, 11) is -3.42. The molecule has 0 spiro atoms. The Morgan fingerprint density at radius 1 is 0.979 bits per heavy atom. The number of ketones is 1. The number of rotatable bonds is 10. The first-order valence-electron chi connectivity index (χ1n) is 16.3. The van der Waals surface area contributed by atoms with Gasteiger partial charge in [-0.2, -0.15) is 13.2 Å². The standard InChI is InChI=1S/C31H48F3N5O7S/c1-28(2,3)23(37-27(44)38-30(12-7-6-8-13-30)19-10-9-15-47(19,45)46)26(43)39-16-17-20(29(17,4)5)21(39)25(42)36-18(22(40)24(35)41)11-14-31(32,33)34/h17-21,23H,6-16H2,1-5H3,(H2,35,41)(H,36,42)(H2,37,38,44)/t17-,18?,19?,20-,21-,23+/m0/s1. The molecule has 6 atom stereocenters. The zero-order chi connectivity index (χ0) is 35.3. The zero-order valence-electron chi connectivity index (χ0n) is 27.7. The number of Topliss-reactive ketones (excluding diaryl/α,β-unsaturated/α-hetero) is 1. The van der Waals surface area contributed by atoms with E-state index in [0.717, 1.165) is 19.3 Å². The molecule has 2 aliphatic heterocycles. The van der Waals surface area contributed by atoms with Gasteiger partial charge in [-0.25, -0.2) is 13.2 Å². The van der Waals surface area contributed by atoms with E-state index in [1.54, 1.807) is 20.8 Å². The van der Waals surface area contributed by atoms with Crippen molar-refractivity contribution < 1.29 is 45.6 Å². The fourth-order valence-electron chi connectivity index (χ4n) is 8.15. The third kappa shape index (κ3) is 7.72. The quantitative estimate of drug-likeness (QED) is 0.253. The molecule has 5 amide bonds. The predicted octanol–water partition coefficient (Wildman–Crippen LogP) is 2.35. The molecule has 4 aliphatic rings. The lowest BCUT2D eigenvalue weighted by molar-refractivity contribution is -0.147. The maximum Gasteiger partial charge on any atom is 0.389 e. The number of urea groups is 1. The number of nitrogens with two attached hydrogens (primary N) is 1. The summed E-state index contributed by atoms with van der Waals surface area (Å²) in [5.41, 5.74) is 2.82. The molecule has 0 aromatic heterocycles. The van der Waals surface area contributed by atoms with Crippen LogP contribution in [-0.2, 0) is 29.0 Å². The summed E-state index contributed by atoms with van der Waals surface area (Å²) < 4.78 is 64.9. The number of primary amides is 1. The molecule has 0 aromatic carbocycles. The van der Waals surface area contributed by atoms with Crippen LogP contribution in [0.5, 0.6) is 0 Å². The summed E-state index contributed by atoms with van der Waals surface area (Å²) >= 11 is 0. The number of likely N-dealkylation sites (tertiary alicyclic amines) is 1. The first kappa shape index (κ1) is 36.9. The summed E-state index contributed by atoms with van der Waals surface area (Å²) in [4.78, 5) is 66.9. The molecule has 2 unspecified atom stereocenters. The van der Waals surface area contributed by atoms with Gasteiger partial charge in [-0.15, -0.1) is 0 Å². The number of piperidine rings is 1. The fourth-order valence-corrected chi connectivity index (χ4v) is 10.5. The van der Waals surface area contributed by atoms with Crippen LogP contribution in [0.15, 0.2) is 0 Å². The number of hydrogen-bond acceptors (Lipinski definition) is 7. The molecule has 12 nitrogen and oxygen atoms in total. The molecule has 4 fully saturated rings. The smallest absolute Gasteiger partial charge is 0.363 e. The van der Waals surface area contributed by atoms with E-state index in [1.807, 2.05) is 13.8 Å². The van der Waals surface area contributed by atoms with Crippen molar-refractivity contribution in [2.75, 3.05) is 12.3 Å². The Bertz CT molecular complexity index is 1390. The number of alkyl halides is 3. The molecule has 2 saturated carbocycles. The normalized spacial score (nSPS) is 28.8. The average Bonchev–Trinajstić information content (AvgIpc) is 3.27. The van der Waals surface area contributed by atoms with E-state index in [9.17, 15) is 45.6 Å². The Kier molecular flexibility index (Phi) is 10.1. The van der Waals surface area contributed by atoms with Crippen LogP contribution in [0, 0.1) is 22.7 Å². The van der Waals surface area contributed by atoms with Crippen LogP contribution in [0.1, 0.15) is 92.4 Å². The number of carbonyl (C=O) groups excluding carboxylic acids is 5. The van der Waals surface area contributed by atoms with Gasteiger partial charge >= 0.3 is 12.2 Å². The average molecular weight is 692 g/mol. The Balaban J connectivity index is 1.57. The number of sulfone groups is 1. The minimum atomic E-state index is -4.66. The first-order valence-corrected chi connectivity index (χ1v) is 18.0. The number of carbonyl (C=O) groups is 5. The lowest BCUT2D eigenvalue weighted by Gasteiger charge is -2.43. The Morgan fingerprint density at radius 2 is 1.60 bits per heavy atom. The van der Waals surface area contributed by atoms with Gasteiger partial charge in [0.1, 0.15) is 12.1 Å². The zero-order valence-corrected chi connectivity index (χ0v) is 28.5. The minimum absolute atomic E-state index is 0.0605. The van der Waals surface area contributed by atoms with E-state index in [4.69, 9.17) is 5.73 Å². The van der Waals surface area contributed by atoms with E-state index in [1.165, 1.54) is 4.90 Å². The SMILES string of the molecule is CC(C)(C)[C@H](NC(=O)NC1(C2CCCS2(=O)=O)CCCCC1)C(=O)N1C[C@H]2[C@@H]([C@H]1C(=O)NC(CCC(F)(F)F)C(=O)C(N)=O)C2(C)C. The highest BCUT2D eigenvalue weighted by Crippen LogP contribution is 2.65. The van der Waals surface area contributed by atoms with Crippen LogP contribution in [0.2, 0.25) is 0 Å². The van der Waals surface area contributed by atoms with Crippen molar-refractivity contribution in [2.45, 2.75) is 127 Å². The van der Waals surface area contributed by atoms with Gasteiger partial charge in [-0.1, -0.05) is 53.9 Å². The summed E-state index contributed by atoms with van der Waals surface area (Å²) in [6.07, 6.45) is -2.66. The van der Waals surface area contributed by atoms with E-state index < -0.39 is 98.1 Å². The van der Waals surface area contributed by atoms with Gasteiger partial charge in [-0.05, 0) is 54.8 Å². The Morgan fingerprint density at radius 3 is 2.11 bits per heavy atom. The van der Waals surface area contributed by atoms with Crippen molar-refractivity contribution in [3.05, 3.63) is 0 Å². The highest BCUT2D eigenvalue weighted by molar-refractivity contribution is 7.92. The molecular weight excluding hydrogens is 643 g/mol. The van der Waals surface area contributed by atoms with Gasteiger partial charge in [0, 0.05) is 13.0 Å². The van der Waals surface area contributed by atoms with Gasteiger partial charge in [0.15, 0.2) is 9.84 Å². The molecule has 2 aliphatic carbocycles. The molecule has 2 saturated heterocycles. The second-order valence-electron chi connectivity index (χ2n) is 15.4. The van der Waals surface area contributed by atoms with Crippen molar-refractivity contribution in [3.63, 3.8) is 0 Å². The number of hydrogen-bond donors (Lipinski definition) is 4. The minimum Gasteiger partial charge on any atom is -0.363 e. The molecule has 0 radical (unpaired) electrons. The number of nitrogens with one attached hydrogen (secondary N) is 3. The van der Waals surface area contributed by atoms with E-state index >= 15 is 0 Å². The van der Waals surface area contributed by atoms with Crippen LogP contribution < -0.4 is 21.7 Å². The second kappa shape index (κ2) is 12.8. The molecule has 0 bridgehead atoms. The van der Waals surface area contributed by atoms with Gasteiger partial charge in [0.2, 0.25) is 17.6 Å². The number of nitrogens with zero attached hydrogens (tertiary/aromatic N) is 1. The van der Waals surface area contributed by atoms with Crippen LogP contribution in [-0.4, -0.2) is 90.2 Å². The Hall–Kier alpha value is -2.91. The van der Waals surface area contributed by atoms with Crippen molar-refractivity contribution in [3.8, 4) is 0 Å². The topological polar surface area (TPSA) is 185 Å². The van der Waals surface area contributed by atoms with Crippen LogP contribution in [0.4, 0.5) is 18.0 Å². The van der Waals surface area contributed by atoms with E-state index in [0.29, 0.717) is 25.7 Å².